The Morgan fingerprint density at radius 2 is 1.62 bits per heavy atom. The van der Waals surface area contributed by atoms with Gasteiger partial charge in [0, 0.05) is 0 Å². The first-order valence-corrected chi connectivity index (χ1v) is 14.0. The highest BCUT2D eigenvalue weighted by atomic mass is 28.3. The predicted molar refractivity (Wildman–Crippen MR) is 140 cm³/mol. The quantitative estimate of drug-likeness (QED) is 0.257. The third kappa shape index (κ3) is 6.16. The van der Waals surface area contributed by atoms with Crippen LogP contribution in [0.1, 0.15) is 53.9 Å². The van der Waals surface area contributed by atoms with Crippen LogP contribution in [0.25, 0.3) is 11.1 Å². The molecule has 179 valence electrons. The van der Waals surface area contributed by atoms with Crippen molar-refractivity contribution in [1.29, 1.82) is 0 Å². The fourth-order valence-electron chi connectivity index (χ4n) is 3.93. The monoisotopic (exact) mass is 475 g/mol. The molecule has 3 aromatic rings. The lowest BCUT2D eigenvalue weighted by atomic mass is 9.86. The second kappa shape index (κ2) is 11.0. The summed E-state index contributed by atoms with van der Waals surface area (Å²) >= 11 is 0. The molecule has 0 aliphatic rings. The Morgan fingerprint density at radius 1 is 0.941 bits per heavy atom. The molecule has 0 aromatic heterocycles. The van der Waals surface area contributed by atoms with Gasteiger partial charge in [-0.1, -0.05) is 69.3 Å². The van der Waals surface area contributed by atoms with Crippen molar-refractivity contribution in [2.45, 2.75) is 52.3 Å². The molecule has 4 nitrogen and oxygen atoms in total. The van der Waals surface area contributed by atoms with E-state index < -0.39 is 9.04 Å². The molecule has 3 rings (SSSR count). The van der Waals surface area contributed by atoms with Gasteiger partial charge in [-0.2, -0.15) is 0 Å². The Kier molecular flexibility index (Phi) is 8.34. The molecule has 1 atom stereocenters. The average Bonchev–Trinajstić information content (AvgIpc) is 2.80. The maximum atomic E-state index is 12.6. The van der Waals surface area contributed by atoms with Gasteiger partial charge >= 0.3 is 5.97 Å². The van der Waals surface area contributed by atoms with E-state index in [2.05, 4.69) is 39.9 Å². The Morgan fingerprint density at radius 3 is 2.26 bits per heavy atom. The number of methoxy groups -OCH3 is 1. The predicted octanol–water partition coefficient (Wildman–Crippen LogP) is 7.13. The van der Waals surface area contributed by atoms with E-state index in [9.17, 15) is 4.79 Å². The van der Waals surface area contributed by atoms with Gasteiger partial charge in [0.2, 0.25) is 9.04 Å². The fraction of sp³-hybridized carbons (Fsp3) is 0.345. The van der Waals surface area contributed by atoms with E-state index in [-0.39, 0.29) is 17.5 Å². The second-order valence-electron chi connectivity index (χ2n) is 9.68. The van der Waals surface area contributed by atoms with Crippen LogP contribution in [0, 0.1) is 6.92 Å². The second-order valence-corrected chi connectivity index (χ2v) is 11.8. The Balaban J connectivity index is 2.11. The normalized spacial score (nSPS) is 12.5. The van der Waals surface area contributed by atoms with E-state index >= 15 is 0 Å². The molecular weight excluding hydrogens is 440 g/mol. The summed E-state index contributed by atoms with van der Waals surface area (Å²) in [6.07, 6.45) is -0.321. The van der Waals surface area contributed by atoms with Crippen molar-refractivity contribution in [1.82, 2.24) is 0 Å². The summed E-state index contributed by atoms with van der Waals surface area (Å²) in [5.41, 5.74) is 5.49. The van der Waals surface area contributed by atoms with Crippen molar-refractivity contribution >= 4 is 15.0 Å². The fourth-order valence-corrected chi connectivity index (χ4v) is 4.42. The van der Waals surface area contributed by atoms with Crippen molar-refractivity contribution in [2.24, 2.45) is 0 Å². The van der Waals surface area contributed by atoms with Crippen LogP contribution in [0.15, 0.2) is 66.7 Å². The van der Waals surface area contributed by atoms with Gasteiger partial charge < -0.3 is 13.9 Å². The lowest BCUT2D eigenvalue weighted by molar-refractivity contribution is 0.0601. The first-order valence-electron chi connectivity index (χ1n) is 11.6. The molecule has 0 N–H and O–H groups in total. The molecule has 0 saturated heterocycles. The zero-order valence-electron chi connectivity index (χ0n) is 21.3. The van der Waals surface area contributed by atoms with E-state index in [4.69, 9.17) is 13.9 Å². The number of benzene rings is 3. The number of rotatable bonds is 8. The highest BCUT2D eigenvalue weighted by Crippen LogP contribution is 2.36. The van der Waals surface area contributed by atoms with Crippen LogP contribution >= 0.6 is 0 Å². The zero-order valence-corrected chi connectivity index (χ0v) is 22.3. The zero-order chi connectivity index (χ0) is 24.9. The van der Waals surface area contributed by atoms with Crippen LogP contribution in [0.2, 0.25) is 13.1 Å². The first kappa shape index (κ1) is 25.7. The van der Waals surface area contributed by atoms with Crippen molar-refractivity contribution in [2.75, 3.05) is 13.7 Å². The molecule has 5 heteroatoms. The summed E-state index contributed by atoms with van der Waals surface area (Å²) in [7, 11) is 0.496. The number of esters is 1. The highest BCUT2D eigenvalue weighted by molar-refractivity contribution is 6.48. The topological polar surface area (TPSA) is 44.8 Å². The molecular formula is C29H35O4Si. The van der Waals surface area contributed by atoms with Gasteiger partial charge in [-0.3, -0.25) is 0 Å². The largest absolute Gasteiger partial charge is 0.483 e. The summed E-state index contributed by atoms with van der Waals surface area (Å²) in [4.78, 5) is 12.6. The van der Waals surface area contributed by atoms with E-state index in [1.165, 1.54) is 7.11 Å². The Labute approximate surface area is 205 Å². The van der Waals surface area contributed by atoms with E-state index in [0.717, 1.165) is 33.6 Å². The molecule has 1 unspecified atom stereocenters. The number of hydrogen-bond acceptors (Lipinski definition) is 4. The van der Waals surface area contributed by atoms with Gasteiger partial charge in [0.05, 0.1) is 19.3 Å². The van der Waals surface area contributed by atoms with Crippen LogP contribution in [0.4, 0.5) is 0 Å². The maximum absolute atomic E-state index is 12.6. The molecule has 0 aliphatic carbocycles. The lowest BCUT2D eigenvalue weighted by Crippen LogP contribution is -2.21. The molecule has 0 saturated carbocycles. The van der Waals surface area contributed by atoms with E-state index in [0.29, 0.717) is 12.2 Å². The average molecular weight is 476 g/mol. The minimum absolute atomic E-state index is 0.0620. The first-order chi connectivity index (χ1) is 16.1. The van der Waals surface area contributed by atoms with Crippen molar-refractivity contribution in [3.05, 3.63) is 89.0 Å². The SMILES string of the molecule is COC(=O)c1ccc(C(CO[Si](C)C)Oc2ccccc2C(C)(C)C)cc1-c1ccccc1C. The summed E-state index contributed by atoms with van der Waals surface area (Å²) < 4.78 is 17.8. The van der Waals surface area contributed by atoms with Crippen LogP contribution in [0.5, 0.6) is 5.75 Å². The highest BCUT2D eigenvalue weighted by Gasteiger charge is 2.24. The Bertz CT molecular complexity index is 1130. The van der Waals surface area contributed by atoms with Gasteiger partial charge in [-0.25, -0.2) is 4.79 Å². The molecule has 0 spiro atoms. The van der Waals surface area contributed by atoms with Crippen LogP contribution in [-0.2, 0) is 14.6 Å². The Hall–Kier alpha value is -2.89. The number of carbonyl (C=O) groups is 1. The van der Waals surface area contributed by atoms with Crippen molar-refractivity contribution in [3.8, 4) is 16.9 Å². The minimum Gasteiger partial charge on any atom is -0.483 e. The third-order valence-electron chi connectivity index (χ3n) is 5.74. The molecule has 34 heavy (non-hydrogen) atoms. The molecule has 0 amide bonds. The molecule has 3 aromatic carbocycles. The molecule has 0 bridgehead atoms. The summed E-state index contributed by atoms with van der Waals surface area (Å²) in [5.74, 6) is 0.489. The van der Waals surface area contributed by atoms with Gasteiger partial charge in [0.15, 0.2) is 0 Å². The third-order valence-corrected chi connectivity index (χ3v) is 6.49. The van der Waals surface area contributed by atoms with Crippen molar-refractivity contribution < 1.29 is 18.7 Å². The van der Waals surface area contributed by atoms with Crippen molar-refractivity contribution in [3.63, 3.8) is 0 Å². The maximum Gasteiger partial charge on any atom is 0.338 e. The standard InChI is InChI=1S/C29H35O4Si/c1-20-12-8-9-13-22(20)24-18-21(16-17-23(24)28(30)31-5)27(19-32-34(6)7)33-26-15-11-10-14-25(26)29(2,3)4/h8-18,27H,19H2,1-7H3. The minimum atomic E-state index is -0.914. The lowest BCUT2D eigenvalue weighted by Gasteiger charge is -2.27. The summed E-state index contributed by atoms with van der Waals surface area (Å²) in [6, 6.07) is 22.0. The van der Waals surface area contributed by atoms with Gasteiger partial charge in [-0.15, -0.1) is 0 Å². The van der Waals surface area contributed by atoms with E-state index in [1.54, 1.807) is 0 Å². The molecule has 1 radical (unpaired) electrons. The van der Waals surface area contributed by atoms with Gasteiger partial charge in [0.25, 0.3) is 0 Å². The van der Waals surface area contributed by atoms with E-state index in [1.807, 2.05) is 67.6 Å². The number of para-hydroxylation sites is 1. The number of carbonyl (C=O) groups excluding carboxylic acids is 1. The van der Waals surface area contributed by atoms with Gasteiger partial charge in [-0.05, 0) is 71.4 Å². The molecule has 0 fully saturated rings. The smallest absolute Gasteiger partial charge is 0.338 e. The summed E-state index contributed by atoms with van der Waals surface area (Å²) in [5, 5.41) is 0. The number of aryl methyl sites for hydroxylation is 1. The number of ether oxygens (including phenoxy) is 2. The number of hydrogen-bond donors (Lipinski definition) is 0. The van der Waals surface area contributed by atoms with Crippen LogP contribution < -0.4 is 4.74 Å². The molecule has 0 heterocycles. The van der Waals surface area contributed by atoms with Crippen LogP contribution in [0.3, 0.4) is 0 Å². The van der Waals surface area contributed by atoms with Crippen LogP contribution in [-0.4, -0.2) is 28.7 Å². The molecule has 0 aliphatic heterocycles. The van der Waals surface area contributed by atoms with Gasteiger partial charge in [0.1, 0.15) is 11.9 Å². The summed E-state index contributed by atoms with van der Waals surface area (Å²) in [6.45, 7) is 13.3.